The fourth-order valence-electron chi connectivity index (χ4n) is 1.19. The average Bonchev–Trinajstić information content (AvgIpc) is 2.15. The van der Waals surface area contributed by atoms with Crippen LogP contribution in [-0.4, -0.2) is 5.11 Å². The van der Waals surface area contributed by atoms with E-state index in [0.29, 0.717) is 6.92 Å². The zero-order valence-corrected chi connectivity index (χ0v) is 7.98. The van der Waals surface area contributed by atoms with Gasteiger partial charge < -0.3 is 5.11 Å². The van der Waals surface area contributed by atoms with Crippen molar-refractivity contribution < 1.29 is 22.7 Å². The third kappa shape index (κ3) is 2.92. The number of aliphatic hydroxyl groups is 1. The molecular weight excluding hydrogens is 212 g/mol. The summed E-state index contributed by atoms with van der Waals surface area (Å²) >= 11 is 0. The minimum absolute atomic E-state index is 0.0596. The molecule has 1 aromatic carbocycles. The molecule has 0 unspecified atom stereocenters. The van der Waals surface area contributed by atoms with Crippen molar-refractivity contribution in [1.29, 1.82) is 0 Å². The van der Waals surface area contributed by atoms with Gasteiger partial charge in [-0.2, -0.15) is 0 Å². The van der Waals surface area contributed by atoms with Gasteiger partial charge in [0.1, 0.15) is 0 Å². The van der Waals surface area contributed by atoms with Crippen LogP contribution in [-0.2, 0) is 12.5 Å². The number of halogens is 4. The molecule has 1 nitrogen and oxygen atoms in total. The monoisotopic (exact) mass is 222 g/mol. The van der Waals surface area contributed by atoms with Gasteiger partial charge >= 0.3 is 0 Å². The normalized spacial score (nSPS) is 12.2. The Labute approximate surface area is 84.3 Å². The first kappa shape index (κ1) is 12.0. The predicted octanol–water partition coefficient (Wildman–Crippen LogP) is 3.23. The Morgan fingerprint density at radius 2 is 1.87 bits per heavy atom. The van der Waals surface area contributed by atoms with E-state index in [9.17, 15) is 17.6 Å². The van der Waals surface area contributed by atoms with Gasteiger partial charge in [0, 0.05) is 18.1 Å². The largest absolute Gasteiger partial charge is 0.392 e. The van der Waals surface area contributed by atoms with Crippen molar-refractivity contribution in [3.05, 3.63) is 34.9 Å². The van der Waals surface area contributed by atoms with Gasteiger partial charge in [0.25, 0.3) is 12.3 Å². The van der Waals surface area contributed by atoms with Crippen LogP contribution in [0.5, 0.6) is 0 Å². The Kier molecular flexibility index (Phi) is 3.34. The van der Waals surface area contributed by atoms with Gasteiger partial charge in [-0.1, -0.05) is 0 Å². The molecule has 0 spiro atoms. The van der Waals surface area contributed by atoms with Crippen molar-refractivity contribution in [3.8, 4) is 0 Å². The van der Waals surface area contributed by atoms with Gasteiger partial charge in [-0.15, -0.1) is 0 Å². The summed E-state index contributed by atoms with van der Waals surface area (Å²) in [4.78, 5) is 0. The molecule has 1 aromatic rings. The highest BCUT2D eigenvalue weighted by Gasteiger charge is 2.26. The molecule has 84 valence electrons. The van der Waals surface area contributed by atoms with E-state index in [4.69, 9.17) is 5.11 Å². The summed E-state index contributed by atoms with van der Waals surface area (Å²) in [7, 11) is 0. The SMILES string of the molecule is CC(F)(F)c1cc(CO)cc(C(F)F)c1. The van der Waals surface area contributed by atoms with E-state index in [-0.39, 0.29) is 5.56 Å². The molecular formula is C10H10F4O. The van der Waals surface area contributed by atoms with E-state index < -0.39 is 30.1 Å². The second-order valence-electron chi connectivity index (χ2n) is 3.31. The Hall–Kier alpha value is -1.10. The maximum absolute atomic E-state index is 12.9. The minimum atomic E-state index is -3.19. The summed E-state index contributed by atoms with van der Waals surface area (Å²) in [6.45, 7) is 0.0857. The zero-order chi connectivity index (χ0) is 11.6. The number of hydrogen-bond donors (Lipinski definition) is 1. The molecule has 0 atom stereocenters. The molecule has 0 saturated heterocycles. The van der Waals surface area contributed by atoms with Gasteiger partial charge in [-0.05, 0) is 23.8 Å². The topological polar surface area (TPSA) is 20.2 Å². The molecule has 0 amide bonds. The van der Waals surface area contributed by atoms with E-state index >= 15 is 0 Å². The molecule has 0 fully saturated rings. The second-order valence-corrected chi connectivity index (χ2v) is 3.31. The maximum Gasteiger partial charge on any atom is 0.270 e. The Morgan fingerprint density at radius 1 is 1.27 bits per heavy atom. The first-order valence-electron chi connectivity index (χ1n) is 4.25. The number of alkyl halides is 4. The maximum atomic E-state index is 12.9. The molecule has 0 aromatic heterocycles. The van der Waals surface area contributed by atoms with E-state index in [1.54, 1.807) is 0 Å². The lowest BCUT2D eigenvalue weighted by atomic mass is 10.0. The lowest BCUT2D eigenvalue weighted by Crippen LogP contribution is -2.08. The van der Waals surface area contributed by atoms with Crippen molar-refractivity contribution in [2.45, 2.75) is 25.9 Å². The van der Waals surface area contributed by atoms with Crippen LogP contribution in [0, 0.1) is 0 Å². The minimum Gasteiger partial charge on any atom is -0.392 e. The molecule has 1 rings (SSSR count). The van der Waals surface area contributed by atoms with Crippen LogP contribution in [0.2, 0.25) is 0 Å². The predicted molar refractivity (Wildman–Crippen MR) is 46.9 cm³/mol. The molecule has 0 bridgehead atoms. The van der Waals surface area contributed by atoms with Crippen molar-refractivity contribution in [3.63, 3.8) is 0 Å². The van der Waals surface area contributed by atoms with Crippen LogP contribution in [0.15, 0.2) is 18.2 Å². The van der Waals surface area contributed by atoms with Gasteiger partial charge in [-0.25, -0.2) is 17.6 Å². The van der Waals surface area contributed by atoms with Crippen LogP contribution in [0.4, 0.5) is 17.6 Å². The van der Waals surface area contributed by atoms with Gasteiger partial charge in [0.05, 0.1) is 6.61 Å². The van der Waals surface area contributed by atoms with Gasteiger partial charge in [-0.3, -0.25) is 0 Å². The summed E-state index contributed by atoms with van der Waals surface area (Å²) in [5, 5.41) is 8.74. The molecule has 0 aliphatic heterocycles. The van der Waals surface area contributed by atoms with Crippen LogP contribution in [0.1, 0.15) is 30.0 Å². The van der Waals surface area contributed by atoms with Crippen molar-refractivity contribution in [2.24, 2.45) is 0 Å². The van der Waals surface area contributed by atoms with Crippen molar-refractivity contribution in [2.75, 3.05) is 0 Å². The Bertz CT molecular complexity index is 344. The summed E-state index contributed by atoms with van der Waals surface area (Å²) in [5.41, 5.74) is -0.952. The Balaban J connectivity index is 3.23. The smallest absolute Gasteiger partial charge is 0.270 e. The van der Waals surface area contributed by atoms with Crippen molar-refractivity contribution in [1.82, 2.24) is 0 Å². The summed E-state index contributed by atoms with van der Waals surface area (Å²) < 4.78 is 50.4. The zero-order valence-electron chi connectivity index (χ0n) is 7.98. The van der Waals surface area contributed by atoms with E-state index in [1.165, 1.54) is 0 Å². The highest BCUT2D eigenvalue weighted by Crippen LogP contribution is 2.31. The summed E-state index contributed by atoms with van der Waals surface area (Å²) in [5.74, 6) is -3.19. The third-order valence-corrected chi connectivity index (χ3v) is 1.96. The number of hydrogen-bond acceptors (Lipinski definition) is 1. The van der Waals surface area contributed by atoms with Crippen LogP contribution in [0.3, 0.4) is 0 Å². The lowest BCUT2D eigenvalue weighted by Gasteiger charge is -2.13. The molecule has 0 aliphatic rings. The molecule has 15 heavy (non-hydrogen) atoms. The first-order valence-corrected chi connectivity index (χ1v) is 4.25. The number of aliphatic hydroxyl groups excluding tert-OH is 1. The number of benzene rings is 1. The standard InChI is InChI=1S/C10H10F4O/c1-10(13,14)8-3-6(5-15)2-7(4-8)9(11)12/h2-4,9,15H,5H2,1H3. The fraction of sp³-hybridized carbons (Fsp3) is 0.400. The molecule has 0 aliphatic carbocycles. The van der Waals surface area contributed by atoms with Crippen LogP contribution < -0.4 is 0 Å². The summed E-state index contributed by atoms with van der Waals surface area (Å²) in [6, 6.07) is 2.79. The van der Waals surface area contributed by atoms with Crippen molar-refractivity contribution >= 4 is 0 Å². The van der Waals surface area contributed by atoms with Gasteiger partial charge in [0.15, 0.2) is 0 Å². The summed E-state index contributed by atoms with van der Waals surface area (Å²) in [6.07, 6.45) is -2.82. The Morgan fingerprint density at radius 3 is 2.27 bits per heavy atom. The third-order valence-electron chi connectivity index (χ3n) is 1.96. The molecule has 0 saturated carbocycles. The first-order chi connectivity index (χ1) is 6.84. The average molecular weight is 222 g/mol. The fourth-order valence-corrected chi connectivity index (χ4v) is 1.19. The molecule has 5 heteroatoms. The quantitative estimate of drug-likeness (QED) is 0.778. The van der Waals surface area contributed by atoms with Crippen LogP contribution in [0.25, 0.3) is 0 Å². The molecule has 1 N–H and O–H groups in total. The highest BCUT2D eigenvalue weighted by molar-refractivity contribution is 5.32. The molecule has 0 heterocycles. The van der Waals surface area contributed by atoms with E-state index in [0.717, 1.165) is 18.2 Å². The highest BCUT2D eigenvalue weighted by atomic mass is 19.3. The number of rotatable bonds is 3. The van der Waals surface area contributed by atoms with E-state index in [2.05, 4.69) is 0 Å². The molecule has 0 radical (unpaired) electrons. The lowest BCUT2D eigenvalue weighted by molar-refractivity contribution is 0.0170. The van der Waals surface area contributed by atoms with Crippen LogP contribution >= 0.6 is 0 Å². The van der Waals surface area contributed by atoms with Gasteiger partial charge in [0.2, 0.25) is 0 Å². The van der Waals surface area contributed by atoms with E-state index in [1.807, 2.05) is 0 Å². The second kappa shape index (κ2) is 4.18.